The van der Waals surface area contributed by atoms with Crippen LogP contribution >= 0.6 is 11.8 Å². The van der Waals surface area contributed by atoms with Gasteiger partial charge in [0.05, 0.1) is 17.3 Å². The molecule has 0 aliphatic rings. The van der Waals surface area contributed by atoms with Crippen molar-refractivity contribution in [2.45, 2.75) is 44.2 Å². The lowest BCUT2D eigenvalue weighted by Crippen LogP contribution is -2.48. The summed E-state index contributed by atoms with van der Waals surface area (Å²) in [6.07, 6.45) is 1.69. The molecular weight excluding hydrogens is 274 g/mol. The first-order chi connectivity index (χ1) is 9.42. The Morgan fingerprint density at radius 2 is 2.30 bits per heavy atom. The van der Waals surface area contributed by atoms with E-state index in [1.54, 1.807) is 18.8 Å². The molecule has 1 heterocycles. The van der Waals surface area contributed by atoms with Crippen LogP contribution in [-0.4, -0.2) is 40.7 Å². The Morgan fingerprint density at radius 1 is 1.60 bits per heavy atom. The second-order valence-corrected chi connectivity index (χ2v) is 6.12. The van der Waals surface area contributed by atoms with E-state index < -0.39 is 5.54 Å². The molecular formula is C14H25N3O2S. The van der Waals surface area contributed by atoms with Crippen molar-refractivity contribution in [1.29, 1.82) is 0 Å². The van der Waals surface area contributed by atoms with Gasteiger partial charge in [0, 0.05) is 7.05 Å². The van der Waals surface area contributed by atoms with Crippen LogP contribution in [0.25, 0.3) is 0 Å². The smallest absolute Gasteiger partial charge is 0.326 e. The van der Waals surface area contributed by atoms with Crippen LogP contribution < -0.4 is 5.32 Å². The number of thioether (sulfide) groups is 1. The number of esters is 1. The van der Waals surface area contributed by atoms with Gasteiger partial charge in [0.1, 0.15) is 5.54 Å². The van der Waals surface area contributed by atoms with Crippen LogP contribution in [0.15, 0.2) is 11.1 Å². The van der Waals surface area contributed by atoms with E-state index in [0.717, 1.165) is 29.3 Å². The minimum absolute atomic E-state index is 0.177. The summed E-state index contributed by atoms with van der Waals surface area (Å²) in [4.78, 5) is 11.9. The number of nitrogens with one attached hydrogen (secondary N) is 1. The molecule has 1 rings (SSSR count). The lowest BCUT2D eigenvalue weighted by Gasteiger charge is -2.26. The Balaban J connectivity index is 2.42. The molecule has 0 fully saturated rings. The number of hydrogen-bond acceptors (Lipinski definition) is 5. The summed E-state index contributed by atoms with van der Waals surface area (Å²) >= 11 is 1.76. The van der Waals surface area contributed by atoms with E-state index in [1.807, 2.05) is 32.5 Å². The number of aromatic nitrogens is 2. The summed E-state index contributed by atoms with van der Waals surface area (Å²) < 4.78 is 7.00. The van der Waals surface area contributed by atoms with Crippen molar-refractivity contribution in [3.63, 3.8) is 0 Å². The quantitative estimate of drug-likeness (QED) is 0.453. The zero-order chi connectivity index (χ0) is 15.2. The Bertz CT molecular complexity index is 448. The molecule has 0 bridgehead atoms. The minimum atomic E-state index is -0.598. The fourth-order valence-electron chi connectivity index (χ4n) is 1.94. The summed E-state index contributed by atoms with van der Waals surface area (Å²) in [5.74, 6) is 0.777. The van der Waals surface area contributed by atoms with E-state index in [1.165, 1.54) is 0 Å². The molecule has 0 spiro atoms. The van der Waals surface area contributed by atoms with E-state index in [2.05, 4.69) is 16.5 Å². The number of aryl methyl sites for hydroxylation is 2. The maximum absolute atomic E-state index is 11.9. The van der Waals surface area contributed by atoms with Gasteiger partial charge in [-0.15, -0.1) is 11.8 Å². The van der Waals surface area contributed by atoms with Crippen LogP contribution in [0.1, 0.15) is 32.4 Å². The Kier molecular flexibility index (Phi) is 6.55. The van der Waals surface area contributed by atoms with Crippen LogP contribution in [0.3, 0.4) is 0 Å². The molecule has 20 heavy (non-hydrogen) atoms. The first-order valence-electron chi connectivity index (χ1n) is 6.92. The molecule has 0 saturated carbocycles. The van der Waals surface area contributed by atoms with Crippen molar-refractivity contribution in [1.82, 2.24) is 15.1 Å². The highest BCUT2D eigenvalue weighted by Crippen LogP contribution is 2.22. The van der Waals surface area contributed by atoms with E-state index in [4.69, 9.17) is 4.74 Å². The molecule has 5 nitrogen and oxygen atoms in total. The highest BCUT2D eigenvalue weighted by atomic mass is 32.2. The molecule has 1 aromatic rings. The molecule has 1 aromatic heterocycles. The van der Waals surface area contributed by atoms with Crippen molar-refractivity contribution >= 4 is 17.7 Å². The largest absolute Gasteiger partial charge is 0.465 e. The number of rotatable bonds is 8. The van der Waals surface area contributed by atoms with Gasteiger partial charge in [-0.1, -0.05) is 0 Å². The zero-order valence-electron chi connectivity index (χ0n) is 13.0. The molecule has 1 unspecified atom stereocenters. The number of hydrogen-bond donors (Lipinski definition) is 1. The third-order valence-corrected chi connectivity index (χ3v) is 4.48. The number of nitrogens with zero attached hydrogens (tertiary/aromatic N) is 2. The van der Waals surface area contributed by atoms with Crippen molar-refractivity contribution in [3.8, 4) is 0 Å². The van der Waals surface area contributed by atoms with Crippen LogP contribution in [0.2, 0.25) is 0 Å². The van der Waals surface area contributed by atoms with Gasteiger partial charge in [0.2, 0.25) is 0 Å². The van der Waals surface area contributed by atoms with Crippen LogP contribution in [0.4, 0.5) is 0 Å². The lowest BCUT2D eigenvalue weighted by atomic mass is 9.97. The molecule has 1 atom stereocenters. The summed E-state index contributed by atoms with van der Waals surface area (Å²) in [6, 6.07) is 2.08. The standard InChI is InChI=1S/C14H25N3O2S/c1-6-19-13(18)14(3,15-4)8-7-9-20-12-10-11(2)16-17(12)5/h10,15H,6-9H2,1-5H3. The zero-order valence-corrected chi connectivity index (χ0v) is 13.8. The first kappa shape index (κ1) is 17.0. The van der Waals surface area contributed by atoms with Crippen LogP contribution in [-0.2, 0) is 16.6 Å². The summed E-state index contributed by atoms with van der Waals surface area (Å²) in [7, 11) is 3.75. The summed E-state index contributed by atoms with van der Waals surface area (Å²) in [5, 5.41) is 8.55. The average Bonchev–Trinajstić information content (AvgIpc) is 2.73. The maximum Gasteiger partial charge on any atom is 0.326 e. The molecule has 0 radical (unpaired) electrons. The van der Waals surface area contributed by atoms with Crippen molar-refractivity contribution in [2.24, 2.45) is 7.05 Å². The maximum atomic E-state index is 11.9. The summed E-state index contributed by atoms with van der Waals surface area (Å²) in [6.45, 7) is 6.13. The topological polar surface area (TPSA) is 56.1 Å². The van der Waals surface area contributed by atoms with Crippen LogP contribution in [0, 0.1) is 6.92 Å². The Morgan fingerprint density at radius 3 is 2.80 bits per heavy atom. The molecule has 0 saturated heterocycles. The average molecular weight is 299 g/mol. The fourth-order valence-corrected chi connectivity index (χ4v) is 2.92. The molecule has 0 aliphatic carbocycles. The predicted molar refractivity (Wildman–Crippen MR) is 82.0 cm³/mol. The second kappa shape index (κ2) is 7.69. The normalized spacial score (nSPS) is 14.1. The van der Waals surface area contributed by atoms with Gasteiger partial charge < -0.3 is 10.1 Å². The molecule has 6 heteroatoms. The molecule has 1 N–H and O–H groups in total. The van der Waals surface area contributed by atoms with Gasteiger partial charge in [0.25, 0.3) is 0 Å². The van der Waals surface area contributed by atoms with Gasteiger partial charge in [0.15, 0.2) is 0 Å². The van der Waals surface area contributed by atoms with Gasteiger partial charge >= 0.3 is 5.97 Å². The number of carbonyl (C=O) groups excluding carboxylic acids is 1. The Hall–Kier alpha value is -1.01. The van der Waals surface area contributed by atoms with Crippen molar-refractivity contribution < 1.29 is 9.53 Å². The summed E-state index contributed by atoms with van der Waals surface area (Å²) in [5.41, 5.74) is 0.431. The third-order valence-electron chi connectivity index (χ3n) is 3.31. The lowest BCUT2D eigenvalue weighted by molar-refractivity contribution is -0.150. The number of likely N-dealkylation sites (N-methyl/N-ethyl adjacent to an activating group) is 1. The minimum Gasteiger partial charge on any atom is -0.465 e. The monoisotopic (exact) mass is 299 g/mol. The van der Waals surface area contributed by atoms with E-state index in [-0.39, 0.29) is 5.97 Å². The Labute approximate surface area is 125 Å². The SMILES string of the molecule is CCOC(=O)C(C)(CCCSc1cc(C)nn1C)NC. The molecule has 0 aromatic carbocycles. The van der Waals surface area contributed by atoms with Gasteiger partial charge in [-0.2, -0.15) is 5.10 Å². The number of ether oxygens (including phenoxy) is 1. The first-order valence-corrected chi connectivity index (χ1v) is 7.91. The van der Waals surface area contributed by atoms with Gasteiger partial charge in [-0.3, -0.25) is 9.48 Å². The van der Waals surface area contributed by atoms with E-state index in [0.29, 0.717) is 6.61 Å². The third kappa shape index (κ3) is 4.52. The van der Waals surface area contributed by atoms with Gasteiger partial charge in [-0.25, -0.2) is 0 Å². The molecule has 114 valence electrons. The van der Waals surface area contributed by atoms with Crippen LogP contribution in [0.5, 0.6) is 0 Å². The fraction of sp³-hybridized carbons (Fsp3) is 0.714. The van der Waals surface area contributed by atoms with Crippen molar-refractivity contribution in [2.75, 3.05) is 19.4 Å². The number of carbonyl (C=O) groups is 1. The van der Waals surface area contributed by atoms with E-state index >= 15 is 0 Å². The van der Waals surface area contributed by atoms with Crippen molar-refractivity contribution in [3.05, 3.63) is 11.8 Å². The second-order valence-electron chi connectivity index (χ2n) is 5.00. The van der Waals surface area contributed by atoms with Gasteiger partial charge in [-0.05, 0) is 52.5 Å². The highest BCUT2D eigenvalue weighted by Gasteiger charge is 2.32. The van der Waals surface area contributed by atoms with E-state index in [9.17, 15) is 4.79 Å². The molecule has 0 amide bonds. The molecule has 0 aliphatic heterocycles. The predicted octanol–water partition coefficient (Wildman–Crippen LogP) is 2.14. The highest BCUT2D eigenvalue weighted by molar-refractivity contribution is 7.99.